The standard InChI is InChI=1S/C13H23BrN4O/c1-4-5-6-11(15)13(19)12-10(14)9-16-18(12)8-7-17(2)3/h9,11H,4-8,15H2,1-3H3. The van der Waals surface area contributed by atoms with Gasteiger partial charge in [0.2, 0.25) is 0 Å². The summed E-state index contributed by atoms with van der Waals surface area (Å²) in [5.74, 6) is -0.0309. The van der Waals surface area contributed by atoms with Gasteiger partial charge in [-0.2, -0.15) is 5.10 Å². The van der Waals surface area contributed by atoms with Gasteiger partial charge in [-0.1, -0.05) is 19.8 Å². The van der Waals surface area contributed by atoms with Crippen molar-refractivity contribution in [2.45, 2.75) is 38.8 Å². The van der Waals surface area contributed by atoms with Gasteiger partial charge >= 0.3 is 0 Å². The fourth-order valence-electron chi connectivity index (χ4n) is 1.80. The first kappa shape index (κ1) is 16.3. The summed E-state index contributed by atoms with van der Waals surface area (Å²) in [6.07, 6.45) is 4.40. The van der Waals surface area contributed by atoms with Gasteiger partial charge in [-0.05, 0) is 36.4 Å². The third kappa shape index (κ3) is 4.71. The van der Waals surface area contributed by atoms with Gasteiger partial charge in [0.25, 0.3) is 0 Å². The molecule has 1 atom stereocenters. The van der Waals surface area contributed by atoms with E-state index in [2.05, 4.69) is 32.9 Å². The fraction of sp³-hybridized carbons (Fsp3) is 0.692. The van der Waals surface area contributed by atoms with Crippen molar-refractivity contribution >= 4 is 21.7 Å². The van der Waals surface area contributed by atoms with Gasteiger partial charge in [0, 0.05) is 6.54 Å². The molecule has 0 saturated carbocycles. The van der Waals surface area contributed by atoms with Gasteiger partial charge in [0.15, 0.2) is 5.78 Å². The average molecular weight is 331 g/mol. The molecule has 1 aromatic heterocycles. The Morgan fingerprint density at radius 2 is 2.26 bits per heavy atom. The van der Waals surface area contributed by atoms with Gasteiger partial charge in [-0.15, -0.1) is 0 Å². The Morgan fingerprint density at radius 3 is 2.84 bits per heavy atom. The Kier molecular flexibility index (Phi) is 6.68. The Morgan fingerprint density at radius 1 is 1.58 bits per heavy atom. The summed E-state index contributed by atoms with van der Waals surface area (Å²) in [7, 11) is 3.99. The summed E-state index contributed by atoms with van der Waals surface area (Å²) in [6.45, 7) is 3.60. The molecule has 0 spiro atoms. The molecule has 108 valence electrons. The second-order valence-corrected chi connectivity index (χ2v) is 5.83. The molecule has 0 aliphatic rings. The molecule has 1 rings (SSSR count). The zero-order chi connectivity index (χ0) is 14.4. The highest BCUT2D eigenvalue weighted by Crippen LogP contribution is 2.18. The number of unbranched alkanes of at least 4 members (excludes halogenated alkanes) is 1. The van der Waals surface area contributed by atoms with E-state index in [0.29, 0.717) is 12.2 Å². The second-order valence-electron chi connectivity index (χ2n) is 4.98. The van der Waals surface area contributed by atoms with Crippen LogP contribution in [0.25, 0.3) is 0 Å². The molecule has 0 aliphatic carbocycles. The summed E-state index contributed by atoms with van der Waals surface area (Å²) in [6, 6.07) is -0.439. The maximum Gasteiger partial charge on any atom is 0.198 e. The summed E-state index contributed by atoms with van der Waals surface area (Å²) in [5.41, 5.74) is 6.55. The van der Waals surface area contributed by atoms with Crippen molar-refractivity contribution in [3.63, 3.8) is 0 Å². The molecule has 1 heterocycles. The predicted molar refractivity (Wildman–Crippen MR) is 80.3 cm³/mol. The largest absolute Gasteiger partial charge is 0.321 e. The molecule has 6 heteroatoms. The van der Waals surface area contributed by atoms with Gasteiger partial charge < -0.3 is 10.6 Å². The number of nitrogens with zero attached hydrogens (tertiary/aromatic N) is 3. The van der Waals surface area contributed by atoms with E-state index in [9.17, 15) is 4.79 Å². The highest BCUT2D eigenvalue weighted by Gasteiger charge is 2.22. The van der Waals surface area contributed by atoms with Crippen LogP contribution in [0.4, 0.5) is 0 Å². The topological polar surface area (TPSA) is 64.2 Å². The Balaban J connectivity index is 2.80. The average Bonchev–Trinajstić information content (AvgIpc) is 2.73. The van der Waals surface area contributed by atoms with Crippen LogP contribution in [0.1, 0.15) is 36.7 Å². The quantitative estimate of drug-likeness (QED) is 0.739. The molecule has 0 fully saturated rings. The molecule has 2 N–H and O–H groups in total. The molecule has 0 saturated heterocycles. The fourth-order valence-corrected chi connectivity index (χ4v) is 2.29. The van der Waals surface area contributed by atoms with Crippen LogP contribution in [0, 0.1) is 0 Å². The van der Waals surface area contributed by atoms with Gasteiger partial charge in [-0.25, -0.2) is 0 Å². The van der Waals surface area contributed by atoms with Crippen molar-refractivity contribution in [3.8, 4) is 0 Å². The van der Waals surface area contributed by atoms with Crippen LogP contribution in [-0.4, -0.2) is 47.1 Å². The lowest BCUT2D eigenvalue weighted by atomic mass is 10.0. The number of halogens is 1. The molecular formula is C13H23BrN4O. The minimum Gasteiger partial charge on any atom is -0.321 e. The SMILES string of the molecule is CCCCC(N)C(=O)c1c(Br)cnn1CCN(C)C. The molecule has 19 heavy (non-hydrogen) atoms. The molecule has 0 amide bonds. The third-order valence-corrected chi connectivity index (χ3v) is 3.57. The summed E-state index contributed by atoms with van der Waals surface area (Å²) in [5, 5.41) is 4.24. The Bertz CT molecular complexity index is 417. The number of rotatable bonds is 8. The number of carbonyl (C=O) groups excluding carboxylic acids is 1. The van der Waals surface area contributed by atoms with E-state index in [1.165, 1.54) is 0 Å². The minimum atomic E-state index is -0.439. The van der Waals surface area contributed by atoms with Crippen LogP contribution >= 0.6 is 15.9 Å². The lowest BCUT2D eigenvalue weighted by Gasteiger charge is -2.14. The number of Topliss-reactive ketones (excluding diaryl/α,β-unsaturated/α-hetero) is 1. The monoisotopic (exact) mass is 330 g/mol. The van der Waals surface area contributed by atoms with Crippen LogP contribution in [0.2, 0.25) is 0 Å². The smallest absolute Gasteiger partial charge is 0.198 e. The van der Waals surface area contributed by atoms with Crippen molar-refractivity contribution in [3.05, 3.63) is 16.4 Å². The second kappa shape index (κ2) is 7.77. The van der Waals surface area contributed by atoms with Crippen LogP contribution in [0.15, 0.2) is 10.7 Å². The van der Waals surface area contributed by atoms with Crippen molar-refractivity contribution in [2.75, 3.05) is 20.6 Å². The number of hydrogen-bond donors (Lipinski definition) is 1. The van der Waals surface area contributed by atoms with Crippen molar-refractivity contribution in [1.29, 1.82) is 0 Å². The molecule has 0 aliphatic heterocycles. The first-order valence-corrected chi connectivity index (χ1v) is 7.42. The van der Waals surface area contributed by atoms with E-state index in [1.807, 2.05) is 14.1 Å². The first-order chi connectivity index (χ1) is 8.97. The van der Waals surface area contributed by atoms with E-state index in [1.54, 1.807) is 10.9 Å². The highest BCUT2D eigenvalue weighted by molar-refractivity contribution is 9.10. The van der Waals surface area contributed by atoms with E-state index < -0.39 is 6.04 Å². The molecule has 1 aromatic rings. The molecule has 0 aromatic carbocycles. The first-order valence-electron chi connectivity index (χ1n) is 6.63. The van der Waals surface area contributed by atoms with E-state index in [4.69, 9.17) is 5.73 Å². The third-order valence-electron chi connectivity index (χ3n) is 2.99. The molecule has 5 nitrogen and oxygen atoms in total. The number of likely N-dealkylation sites (N-methyl/N-ethyl adjacent to an activating group) is 1. The van der Waals surface area contributed by atoms with Gasteiger partial charge in [-0.3, -0.25) is 9.48 Å². The normalized spacial score (nSPS) is 12.9. The molecular weight excluding hydrogens is 308 g/mol. The lowest BCUT2D eigenvalue weighted by Crippen LogP contribution is -2.33. The van der Waals surface area contributed by atoms with Crippen LogP contribution in [0.3, 0.4) is 0 Å². The van der Waals surface area contributed by atoms with Crippen LogP contribution in [-0.2, 0) is 6.54 Å². The summed E-state index contributed by atoms with van der Waals surface area (Å²) in [4.78, 5) is 14.4. The van der Waals surface area contributed by atoms with Crippen LogP contribution in [0.5, 0.6) is 0 Å². The van der Waals surface area contributed by atoms with Gasteiger partial charge in [0.05, 0.1) is 23.3 Å². The Hall–Kier alpha value is -0.720. The van der Waals surface area contributed by atoms with Crippen molar-refractivity contribution in [1.82, 2.24) is 14.7 Å². The number of ketones is 1. The lowest BCUT2D eigenvalue weighted by molar-refractivity contribution is 0.0944. The molecule has 0 bridgehead atoms. The number of aromatic nitrogens is 2. The number of nitrogens with two attached hydrogens (primary N) is 1. The number of hydrogen-bond acceptors (Lipinski definition) is 4. The van der Waals surface area contributed by atoms with Gasteiger partial charge in [0.1, 0.15) is 5.69 Å². The van der Waals surface area contributed by atoms with E-state index >= 15 is 0 Å². The van der Waals surface area contributed by atoms with E-state index in [-0.39, 0.29) is 5.78 Å². The highest BCUT2D eigenvalue weighted by atomic mass is 79.9. The van der Waals surface area contributed by atoms with E-state index in [0.717, 1.165) is 30.3 Å². The van der Waals surface area contributed by atoms with Crippen molar-refractivity contribution in [2.24, 2.45) is 5.73 Å². The predicted octanol–water partition coefficient (Wildman–Crippen LogP) is 1.91. The maximum atomic E-state index is 12.4. The zero-order valence-corrected chi connectivity index (χ0v) is 13.5. The summed E-state index contributed by atoms with van der Waals surface area (Å²) >= 11 is 3.39. The van der Waals surface area contributed by atoms with Crippen molar-refractivity contribution < 1.29 is 4.79 Å². The minimum absolute atomic E-state index is 0.0309. The Labute approximate surface area is 123 Å². The zero-order valence-electron chi connectivity index (χ0n) is 11.9. The molecule has 0 radical (unpaired) electrons. The van der Waals surface area contributed by atoms with Crippen LogP contribution < -0.4 is 5.73 Å². The molecule has 1 unspecified atom stereocenters. The number of carbonyl (C=O) groups is 1. The maximum absolute atomic E-state index is 12.4. The summed E-state index contributed by atoms with van der Waals surface area (Å²) < 4.78 is 2.46.